The van der Waals surface area contributed by atoms with Gasteiger partial charge in [0.2, 0.25) is 0 Å². The zero-order valence-electron chi connectivity index (χ0n) is 22.7. The Morgan fingerprint density at radius 3 is 2.15 bits per heavy atom. The average Bonchev–Trinajstić information content (AvgIpc) is 3.30. The van der Waals surface area contributed by atoms with Gasteiger partial charge in [0, 0.05) is 17.7 Å². The van der Waals surface area contributed by atoms with Crippen LogP contribution in [0.25, 0.3) is 16.9 Å². The van der Waals surface area contributed by atoms with Crippen LogP contribution < -0.4 is 0 Å². The Morgan fingerprint density at radius 2 is 1.56 bits per heavy atom. The lowest BCUT2D eigenvalue weighted by Crippen LogP contribution is -2.34. The second-order valence-electron chi connectivity index (χ2n) is 8.51. The normalized spacial score (nSPS) is 11.2. The van der Waals surface area contributed by atoms with Crippen LogP contribution in [0.3, 0.4) is 0 Å². The number of benzene rings is 2. The van der Waals surface area contributed by atoms with E-state index in [1.54, 1.807) is 45.0 Å². The number of halogens is 4. The summed E-state index contributed by atoms with van der Waals surface area (Å²) in [5.74, 6) is -1.38. The van der Waals surface area contributed by atoms with Gasteiger partial charge in [0.05, 0.1) is 54.8 Å². The van der Waals surface area contributed by atoms with Crippen molar-refractivity contribution >= 4 is 29.6 Å². The van der Waals surface area contributed by atoms with Crippen LogP contribution in [0.1, 0.15) is 48.8 Å². The molecule has 0 bridgehead atoms. The third-order valence-electron chi connectivity index (χ3n) is 5.78. The zero-order valence-corrected chi connectivity index (χ0v) is 23.4. The van der Waals surface area contributed by atoms with E-state index in [9.17, 15) is 27.6 Å². The van der Waals surface area contributed by atoms with E-state index in [1.807, 2.05) is 0 Å². The summed E-state index contributed by atoms with van der Waals surface area (Å²) in [5, 5.41) is 4.70. The molecular formula is C28H29ClF3N3O6. The molecule has 0 saturated heterocycles. The average molecular weight is 596 g/mol. The van der Waals surface area contributed by atoms with E-state index < -0.39 is 29.8 Å². The van der Waals surface area contributed by atoms with Gasteiger partial charge in [-0.15, -0.1) is 0 Å². The minimum absolute atomic E-state index is 0.0112. The summed E-state index contributed by atoms with van der Waals surface area (Å²) in [6.07, 6.45) is -5.53. The topological polar surface area (TPSA) is 100.0 Å². The van der Waals surface area contributed by atoms with Crippen molar-refractivity contribution in [2.45, 2.75) is 39.9 Å². The number of para-hydroxylation sites is 1. The monoisotopic (exact) mass is 595 g/mol. The molecule has 0 radical (unpaired) electrons. The number of rotatable bonds is 11. The first-order valence-electron chi connectivity index (χ1n) is 12.8. The molecule has 0 spiro atoms. The third-order valence-corrected chi connectivity index (χ3v) is 6.10. The molecule has 220 valence electrons. The lowest BCUT2D eigenvalue weighted by Gasteiger charge is -2.22. The smallest absolute Gasteiger partial charge is 0.416 e. The molecule has 0 fully saturated rings. The van der Waals surface area contributed by atoms with Crippen molar-refractivity contribution in [1.82, 2.24) is 14.7 Å². The molecule has 0 N–H and O–H groups in total. The van der Waals surface area contributed by atoms with E-state index in [0.717, 1.165) is 12.1 Å². The number of hydrogen-bond donors (Lipinski definition) is 0. The number of carbonyl (C=O) groups is 3. The first-order chi connectivity index (χ1) is 19.5. The van der Waals surface area contributed by atoms with Crippen molar-refractivity contribution < 1.29 is 41.8 Å². The number of alkyl halides is 3. The number of aromatic nitrogens is 2. The molecule has 3 aromatic rings. The highest BCUT2D eigenvalue weighted by molar-refractivity contribution is 6.32. The van der Waals surface area contributed by atoms with Crippen molar-refractivity contribution in [3.8, 4) is 16.9 Å². The maximum absolute atomic E-state index is 13.3. The van der Waals surface area contributed by atoms with Crippen LogP contribution in [-0.2, 0) is 31.7 Å². The lowest BCUT2D eigenvalue weighted by atomic mass is 10.0. The number of carbonyl (C=O) groups excluding carboxylic acids is 3. The minimum atomic E-state index is -4.58. The van der Waals surface area contributed by atoms with Crippen molar-refractivity contribution in [3.63, 3.8) is 0 Å². The number of nitrogens with zero attached hydrogens (tertiary/aromatic N) is 3. The molecule has 0 aliphatic rings. The Labute approximate surface area is 239 Å². The fourth-order valence-corrected chi connectivity index (χ4v) is 4.19. The van der Waals surface area contributed by atoms with Gasteiger partial charge >= 0.3 is 24.2 Å². The van der Waals surface area contributed by atoms with E-state index in [4.69, 9.17) is 25.8 Å². The van der Waals surface area contributed by atoms with E-state index in [0.29, 0.717) is 5.69 Å². The summed E-state index contributed by atoms with van der Waals surface area (Å²) in [6.45, 7) is 4.61. The van der Waals surface area contributed by atoms with E-state index >= 15 is 0 Å². The molecule has 13 heteroatoms. The lowest BCUT2D eigenvalue weighted by molar-refractivity contribution is -0.143. The Bertz CT molecular complexity index is 1380. The molecule has 0 saturated carbocycles. The number of ether oxygens (including phenoxy) is 3. The molecule has 1 amide bonds. The summed E-state index contributed by atoms with van der Waals surface area (Å²) in [4.78, 5) is 39.3. The van der Waals surface area contributed by atoms with Gasteiger partial charge in [-0.25, -0.2) is 14.3 Å². The van der Waals surface area contributed by atoms with Gasteiger partial charge in [-0.1, -0.05) is 35.9 Å². The van der Waals surface area contributed by atoms with Crippen molar-refractivity contribution in [2.75, 3.05) is 26.4 Å². The number of hydrogen-bond acceptors (Lipinski definition) is 7. The molecule has 41 heavy (non-hydrogen) atoms. The first-order valence-corrected chi connectivity index (χ1v) is 13.2. The summed E-state index contributed by atoms with van der Waals surface area (Å²) in [5.41, 5.74) is -0.132. The largest absolute Gasteiger partial charge is 0.466 e. The molecule has 0 aliphatic carbocycles. The molecule has 0 aliphatic heterocycles. The number of amides is 1. The van der Waals surface area contributed by atoms with Crippen molar-refractivity contribution in [1.29, 1.82) is 0 Å². The highest BCUT2D eigenvalue weighted by atomic mass is 35.5. The second kappa shape index (κ2) is 14.0. The molecular weight excluding hydrogens is 567 g/mol. The molecule has 0 atom stereocenters. The van der Waals surface area contributed by atoms with Gasteiger partial charge in [-0.3, -0.25) is 4.79 Å². The van der Waals surface area contributed by atoms with Crippen LogP contribution in [0.5, 0.6) is 0 Å². The molecule has 1 aromatic heterocycles. The first kappa shape index (κ1) is 31.5. The number of esters is 2. The van der Waals surface area contributed by atoms with E-state index in [2.05, 4.69) is 5.10 Å². The maximum Gasteiger partial charge on any atom is 0.416 e. The maximum atomic E-state index is 13.3. The molecule has 3 rings (SSSR count). The summed E-state index contributed by atoms with van der Waals surface area (Å²) < 4.78 is 56.7. The SMILES string of the molecule is CCOC(=O)CCN(Cc1c(C(=O)OCC)nn(-c2ccccc2Cl)c1-c1ccc(C(F)(F)F)cc1)C(=O)OCC. The van der Waals surface area contributed by atoms with Gasteiger partial charge in [0.1, 0.15) is 0 Å². The van der Waals surface area contributed by atoms with Crippen LogP contribution in [0, 0.1) is 0 Å². The molecule has 1 heterocycles. The highest BCUT2D eigenvalue weighted by Crippen LogP contribution is 2.36. The fraction of sp³-hybridized carbons (Fsp3) is 0.357. The third kappa shape index (κ3) is 7.78. The molecule has 0 unspecified atom stereocenters. The van der Waals surface area contributed by atoms with E-state index in [1.165, 1.54) is 21.7 Å². The quantitative estimate of drug-likeness (QED) is 0.189. The Hall–Kier alpha value is -4.06. The van der Waals surface area contributed by atoms with Crippen LogP contribution in [0.15, 0.2) is 48.5 Å². The zero-order chi connectivity index (χ0) is 30.2. The van der Waals surface area contributed by atoms with Gasteiger partial charge in [0.25, 0.3) is 0 Å². The fourth-order valence-electron chi connectivity index (χ4n) is 3.97. The molecule has 2 aromatic carbocycles. The van der Waals surface area contributed by atoms with Gasteiger partial charge < -0.3 is 19.1 Å². The standard InChI is InChI=1S/C28H29ClF3N3O6/c1-4-39-23(36)15-16-34(27(38)41-6-3)17-20-24(26(37)40-5-2)33-35(22-10-8-7-9-21(22)29)25(20)18-11-13-19(14-12-18)28(30,31)32/h7-14H,4-6,15-17H2,1-3H3. The Balaban J connectivity index is 2.26. The predicted octanol–water partition coefficient (Wildman–Crippen LogP) is 6.30. The van der Waals surface area contributed by atoms with Crippen LogP contribution in [-0.4, -0.2) is 59.1 Å². The van der Waals surface area contributed by atoms with Gasteiger partial charge in [0.15, 0.2) is 5.69 Å². The van der Waals surface area contributed by atoms with Crippen molar-refractivity contribution in [3.05, 3.63) is 70.4 Å². The summed E-state index contributed by atoms with van der Waals surface area (Å²) in [7, 11) is 0. The highest BCUT2D eigenvalue weighted by Gasteiger charge is 2.32. The van der Waals surface area contributed by atoms with E-state index in [-0.39, 0.29) is 66.9 Å². The van der Waals surface area contributed by atoms with Gasteiger partial charge in [-0.2, -0.15) is 18.3 Å². The van der Waals surface area contributed by atoms with Gasteiger partial charge in [-0.05, 0) is 45.0 Å². The second-order valence-corrected chi connectivity index (χ2v) is 8.92. The molecule has 9 nitrogen and oxygen atoms in total. The minimum Gasteiger partial charge on any atom is -0.466 e. The Kier molecular flexibility index (Phi) is 10.8. The predicted molar refractivity (Wildman–Crippen MR) is 144 cm³/mol. The summed E-state index contributed by atoms with van der Waals surface area (Å²) >= 11 is 6.46. The van der Waals surface area contributed by atoms with Crippen molar-refractivity contribution in [2.24, 2.45) is 0 Å². The summed E-state index contributed by atoms with van der Waals surface area (Å²) in [6, 6.07) is 10.8. The Morgan fingerprint density at radius 1 is 0.927 bits per heavy atom. The van der Waals surface area contributed by atoms with Crippen LogP contribution in [0.2, 0.25) is 5.02 Å². The van der Waals surface area contributed by atoms with Crippen LogP contribution in [0.4, 0.5) is 18.0 Å². The van der Waals surface area contributed by atoms with Crippen LogP contribution >= 0.6 is 11.6 Å².